The summed E-state index contributed by atoms with van der Waals surface area (Å²) in [5, 5.41) is 19.5. The lowest BCUT2D eigenvalue weighted by Gasteiger charge is -2.21. The van der Waals surface area contributed by atoms with E-state index in [-0.39, 0.29) is 29.7 Å². The van der Waals surface area contributed by atoms with Crippen molar-refractivity contribution in [1.82, 2.24) is 0 Å². The van der Waals surface area contributed by atoms with Crippen LogP contribution in [0.15, 0.2) is 23.2 Å². The molecular formula is C16H25NO2. The normalized spacial score (nSPS) is 14.3. The molecule has 1 atom stereocenters. The summed E-state index contributed by atoms with van der Waals surface area (Å²) in [6.45, 7) is 10.2. The lowest BCUT2D eigenvalue weighted by atomic mass is 9.85. The van der Waals surface area contributed by atoms with E-state index in [1.54, 1.807) is 6.21 Å². The summed E-state index contributed by atoms with van der Waals surface area (Å²) in [5.74, 6) is 0.549. The van der Waals surface area contributed by atoms with E-state index in [2.05, 4.69) is 25.8 Å². The van der Waals surface area contributed by atoms with Crippen molar-refractivity contribution in [2.75, 3.05) is 6.61 Å². The molecule has 3 heteroatoms. The summed E-state index contributed by atoms with van der Waals surface area (Å²) in [6.07, 6.45) is 1.66. The maximum absolute atomic E-state index is 10.3. The van der Waals surface area contributed by atoms with Crippen LogP contribution < -0.4 is 0 Å². The SMILES string of the molecule is CC(C)[C@@H](CO)/N=C/c1cccc(C(C)(C)C)c1O. The van der Waals surface area contributed by atoms with Crippen molar-refractivity contribution in [2.24, 2.45) is 10.9 Å². The second-order valence-corrected chi connectivity index (χ2v) is 6.27. The van der Waals surface area contributed by atoms with Crippen LogP contribution >= 0.6 is 0 Å². The average Bonchev–Trinajstić information content (AvgIpc) is 2.29. The molecule has 0 aliphatic carbocycles. The minimum absolute atomic E-state index is 0.0217. The first-order valence-electron chi connectivity index (χ1n) is 6.74. The van der Waals surface area contributed by atoms with Gasteiger partial charge in [-0.15, -0.1) is 0 Å². The number of nitrogens with zero attached hydrogens (tertiary/aromatic N) is 1. The molecule has 0 heterocycles. The van der Waals surface area contributed by atoms with E-state index >= 15 is 0 Å². The van der Waals surface area contributed by atoms with E-state index in [1.165, 1.54) is 0 Å². The Kier molecular flexibility index (Phi) is 5.12. The lowest BCUT2D eigenvalue weighted by molar-refractivity contribution is 0.240. The molecule has 0 amide bonds. The highest BCUT2D eigenvalue weighted by atomic mass is 16.3. The number of hydrogen-bond acceptors (Lipinski definition) is 3. The Labute approximate surface area is 116 Å². The quantitative estimate of drug-likeness (QED) is 0.820. The van der Waals surface area contributed by atoms with Crippen LogP contribution in [0.25, 0.3) is 0 Å². The van der Waals surface area contributed by atoms with Gasteiger partial charge < -0.3 is 10.2 Å². The Morgan fingerprint density at radius 1 is 1.26 bits per heavy atom. The van der Waals surface area contributed by atoms with Gasteiger partial charge in [-0.05, 0) is 23.0 Å². The van der Waals surface area contributed by atoms with Crippen molar-refractivity contribution >= 4 is 6.21 Å². The van der Waals surface area contributed by atoms with Gasteiger partial charge in [0.1, 0.15) is 5.75 Å². The van der Waals surface area contributed by atoms with Gasteiger partial charge in [-0.25, -0.2) is 0 Å². The number of aromatic hydroxyl groups is 1. The number of hydrogen-bond donors (Lipinski definition) is 2. The van der Waals surface area contributed by atoms with Crippen molar-refractivity contribution < 1.29 is 10.2 Å². The van der Waals surface area contributed by atoms with Crippen molar-refractivity contribution in [3.63, 3.8) is 0 Å². The molecule has 0 fully saturated rings. The minimum atomic E-state index is -0.127. The molecule has 1 aromatic rings. The predicted octanol–water partition coefficient (Wildman–Crippen LogP) is 3.13. The average molecular weight is 263 g/mol. The number of aliphatic imine (C=N–C) groups is 1. The highest BCUT2D eigenvalue weighted by Gasteiger charge is 2.19. The Morgan fingerprint density at radius 2 is 1.89 bits per heavy atom. The Morgan fingerprint density at radius 3 is 2.37 bits per heavy atom. The summed E-state index contributed by atoms with van der Waals surface area (Å²) >= 11 is 0. The molecule has 0 aliphatic rings. The van der Waals surface area contributed by atoms with E-state index in [1.807, 2.05) is 32.0 Å². The van der Waals surface area contributed by atoms with Crippen molar-refractivity contribution in [3.05, 3.63) is 29.3 Å². The fraction of sp³-hybridized carbons (Fsp3) is 0.562. The van der Waals surface area contributed by atoms with Gasteiger partial charge in [-0.3, -0.25) is 4.99 Å². The van der Waals surface area contributed by atoms with E-state index in [4.69, 9.17) is 0 Å². The Bertz CT molecular complexity index is 445. The number of phenolic OH excluding ortho intramolecular Hbond substituents is 1. The van der Waals surface area contributed by atoms with Crippen LogP contribution in [0.4, 0.5) is 0 Å². The molecule has 0 saturated heterocycles. The number of para-hydroxylation sites is 1. The number of benzene rings is 1. The van der Waals surface area contributed by atoms with Crippen LogP contribution in [-0.2, 0) is 5.41 Å². The van der Waals surface area contributed by atoms with E-state index in [0.29, 0.717) is 5.56 Å². The summed E-state index contributed by atoms with van der Waals surface area (Å²) < 4.78 is 0. The van der Waals surface area contributed by atoms with Gasteiger partial charge in [0.05, 0.1) is 12.6 Å². The highest BCUT2D eigenvalue weighted by molar-refractivity contribution is 5.84. The number of phenols is 1. The predicted molar refractivity (Wildman–Crippen MR) is 80.1 cm³/mol. The summed E-state index contributed by atoms with van der Waals surface area (Å²) in [4.78, 5) is 4.36. The third-order valence-corrected chi connectivity index (χ3v) is 3.24. The van der Waals surface area contributed by atoms with Gasteiger partial charge in [0.25, 0.3) is 0 Å². The smallest absolute Gasteiger partial charge is 0.128 e. The Balaban J connectivity index is 3.06. The third kappa shape index (κ3) is 4.06. The first-order valence-corrected chi connectivity index (χ1v) is 6.74. The molecule has 0 radical (unpaired) electrons. The summed E-state index contributed by atoms with van der Waals surface area (Å²) in [5.41, 5.74) is 1.50. The largest absolute Gasteiger partial charge is 0.507 e. The molecule has 1 rings (SSSR count). The molecular weight excluding hydrogens is 238 g/mol. The maximum atomic E-state index is 10.3. The van der Waals surface area contributed by atoms with Gasteiger partial charge in [0.15, 0.2) is 0 Å². The first-order chi connectivity index (χ1) is 8.77. The van der Waals surface area contributed by atoms with E-state index < -0.39 is 0 Å². The second kappa shape index (κ2) is 6.20. The van der Waals surface area contributed by atoms with Crippen LogP contribution in [0.5, 0.6) is 5.75 Å². The van der Waals surface area contributed by atoms with Crippen LogP contribution in [0.2, 0.25) is 0 Å². The van der Waals surface area contributed by atoms with E-state index in [9.17, 15) is 10.2 Å². The molecule has 19 heavy (non-hydrogen) atoms. The molecule has 1 aromatic carbocycles. The first kappa shape index (κ1) is 15.7. The molecule has 3 nitrogen and oxygen atoms in total. The molecule has 0 bridgehead atoms. The molecule has 0 spiro atoms. The third-order valence-electron chi connectivity index (χ3n) is 3.24. The standard InChI is InChI=1S/C16H25NO2/c1-11(2)14(10-18)17-9-12-7-6-8-13(15(12)19)16(3,4)5/h6-9,11,14,18-19H,10H2,1-5H3/b17-9+/t14-/m1/s1. The topological polar surface area (TPSA) is 52.8 Å². The number of rotatable bonds is 4. The molecule has 0 aromatic heterocycles. The van der Waals surface area contributed by atoms with Gasteiger partial charge in [0, 0.05) is 11.8 Å². The van der Waals surface area contributed by atoms with Gasteiger partial charge >= 0.3 is 0 Å². The van der Waals surface area contributed by atoms with Crippen LogP contribution in [0.1, 0.15) is 45.7 Å². The number of aliphatic hydroxyl groups excluding tert-OH is 1. The Hall–Kier alpha value is -1.35. The van der Waals surface area contributed by atoms with Crippen molar-refractivity contribution in [3.8, 4) is 5.75 Å². The minimum Gasteiger partial charge on any atom is -0.507 e. The number of aliphatic hydroxyl groups is 1. The van der Waals surface area contributed by atoms with E-state index in [0.717, 1.165) is 5.56 Å². The molecule has 0 saturated carbocycles. The second-order valence-electron chi connectivity index (χ2n) is 6.27. The van der Waals surface area contributed by atoms with Crippen molar-refractivity contribution in [1.29, 1.82) is 0 Å². The van der Waals surface area contributed by atoms with Gasteiger partial charge in [-0.1, -0.05) is 46.8 Å². The zero-order valence-corrected chi connectivity index (χ0v) is 12.5. The zero-order valence-electron chi connectivity index (χ0n) is 12.5. The molecule has 106 valence electrons. The van der Waals surface area contributed by atoms with Crippen molar-refractivity contribution in [2.45, 2.75) is 46.1 Å². The fourth-order valence-electron chi connectivity index (χ4n) is 1.88. The molecule has 0 aliphatic heterocycles. The van der Waals surface area contributed by atoms with Gasteiger partial charge in [0.2, 0.25) is 0 Å². The maximum Gasteiger partial charge on any atom is 0.128 e. The summed E-state index contributed by atoms with van der Waals surface area (Å²) in [6, 6.07) is 5.56. The summed E-state index contributed by atoms with van der Waals surface area (Å²) in [7, 11) is 0. The fourth-order valence-corrected chi connectivity index (χ4v) is 1.88. The van der Waals surface area contributed by atoms with Crippen LogP contribution in [-0.4, -0.2) is 29.1 Å². The molecule has 2 N–H and O–H groups in total. The monoisotopic (exact) mass is 263 g/mol. The van der Waals surface area contributed by atoms with Gasteiger partial charge in [-0.2, -0.15) is 0 Å². The zero-order chi connectivity index (χ0) is 14.6. The lowest BCUT2D eigenvalue weighted by Crippen LogP contribution is -2.18. The van der Waals surface area contributed by atoms with Crippen LogP contribution in [0, 0.1) is 5.92 Å². The highest BCUT2D eigenvalue weighted by Crippen LogP contribution is 2.32. The molecule has 0 unspecified atom stereocenters. The van der Waals surface area contributed by atoms with Crippen LogP contribution in [0.3, 0.4) is 0 Å².